The number of aromatic nitrogens is 3. The first-order chi connectivity index (χ1) is 11.0. The average Bonchev–Trinajstić information content (AvgIpc) is 2.50. The molecule has 10 nitrogen and oxygen atoms in total. The zero-order chi connectivity index (χ0) is 16.8. The van der Waals surface area contributed by atoms with Gasteiger partial charge in [0.1, 0.15) is 5.69 Å². The number of rotatable bonds is 6. The zero-order valence-electron chi connectivity index (χ0n) is 11.8. The fourth-order valence-corrected chi connectivity index (χ4v) is 1.65. The van der Waals surface area contributed by atoms with E-state index < -0.39 is 16.2 Å². The van der Waals surface area contributed by atoms with Crippen LogP contribution in [0.5, 0.6) is 0 Å². The quantitative estimate of drug-likeness (QED) is 0.390. The Kier molecular flexibility index (Phi) is 4.77. The Hall–Kier alpha value is -3.56. The Morgan fingerprint density at radius 3 is 2.96 bits per heavy atom. The topological polar surface area (TPSA) is 146 Å². The fourth-order valence-electron chi connectivity index (χ4n) is 1.65. The van der Waals surface area contributed by atoms with Crippen molar-refractivity contribution in [1.29, 1.82) is 0 Å². The molecular formula is C13H12N6O4. The van der Waals surface area contributed by atoms with Gasteiger partial charge in [-0.2, -0.15) is 10.2 Å². The van der Waals surface area contributed by atoms with Gasteiger partial charge >= 0.3 is 5.69 Å². The SMILES string of the molecule is C=C(Cc1n[nH]c(=O)[nH]c1=O)N/N=C/c1cccc([N+](=O)[O-])c1. The highest BCUT2D eigenvalue weighted by atomic mass is 16.6. The van der Waals surface area contributed by atoms with Gasteiger partial charge in [0.2, 0.25) is 0 Å². The van der Waals surface area contributed by atoms with E-state index in [2.05, 4.69) is 27.3 Å². The van der Waals surface area contributed by atoms with Crippen LogP contribution in [-0.4, -0.2) is 26.3 Å². The van der Waals surface area contributed by atoms with Gasteiger partial charge in [0.15, 0.2) is 0 Å². The first kappa shape index (κ1) is 15.8. The molecule has 0 bridgehead atoms. The van der Waals surface area contributed by atoms with E-state index in [0.717, 1.165) is 0 Å². The number of nitro groups is 1. The molecule has 0 unspecified atom stereocenters. The van der Waals surface area contributed by atoms with E-state index >= 15 is 0 Å². The number of hydrogen-bond donors (Lipinski definition) is 3. The molecule has 0 aliphatic heterocycles. The molecular weight excluding hydrogens is 304 g/mol. The van der Waals surface area contributed by atoms with E-state index in [0.29, 0.717) is 11.3 Å². The maximum Gasteiger partial charge on any atom is 0.342 e. The van der Waals surface area contributed by atoms with Crippen molar-refractivity contribution in [2.24, 2.45) is 5.10 Å². The summed E-state index contributed by atoms with van der Waals surface area (Å²) in [7, 11) is 0. The standard InChI is InChI=1S/C13H12N6O4/c1-8(5-11-12(20)15-13(21)18-17-11)16-14-7-9-3-2-4-10(6-9)19(22)23/h2-4,6-7,16H,1,5H2,(H2,15,18,20,21)/b14-7+. The summed E-state index contributed by atoms with van der Waals surface area (Å²) in [4.78, 5) is 34.5. The van der Waals surface area contributed by atoms with Gasteiger partial charge in [-0.3, -0.25) is 25.3 Å². The molecule has 118 valence electrons. The van der Waals surface area contributed by atoms with Gasteiger partial charge in [-0.1, -0.05) is 18.7 Å². The highest BCUT2D eigenvalue weighted by Crippen LogP contribution is 2.11. The summed E-state index contributed by atoms with van der Waals surface area (Å²) in [5.74, 6) is 0. The Balaban J connectivity index is 1.98. The number of non-ortho nitro benzene ring substituents is 1. The molecule has 0 spiro atoms. The van der Waals surface area contributed by atoms with Gasteiger partial charge in [0.25, 0.3) is 11.2 Å². The van der Waals surface area contributed by atoms with Crippen molar-refractivity contribution in [3.8, 4) is 0 Å². The molecule has 0 amide bonds. The molecule has 0 saturated carbocycles. The summed E-state index contributed by atoms with van der Waals surface area (Å²) in [5.41, 5.74) is 2.20. The first-order valence-electron chi connectivity index (χ1n) is 6.35. The number of nitrogens with one attached hydrogen (secondary N) is 3. The molecule has 0 fully saturated rings. The van der Waals surface area contributed by atoms with Gasteiger partial charge < -0.3 is 0 Å². The zero-order valence-corrected chi connectivity index (χ0v) is 11.8. The van der Waals surface area contributed by atoms with E-state index in [1.54, 1.807) is 6.07 Å². The van der Waals surface area contributed by atoms with Crippen molar-refractivity contribution in [2.45, 2.75) is 6.42 Å². The van der Waals surface area contributed by atoms with Crippen molar-refractivity contribution in [2.75, 3.05) is 0 Å². The summed E-state index contributed by atoms with van der Waals surface area (Å²) in [6.45, 7) is 3.67. The molecule has 1 aromatic carbocycles. The van der Waals surface area contributed by atoms with Crippen molar-refractivity contribution >= 4 is 11.9 Å². The van der Waals surface area contributed by atoms with Crippen LogP contribution >= 0.6 is 0 Å². The number of allylic oxidation sites excluding steroid dienone is 1. The summed E-state index contributed by atoms with van der Waals surface area (Å²) < 4.78 is 0. The van der Waals surface area contributed by atoms with Gasteiger partial charge in [0.05, 0.1) is 11.1 Å². The first-order valence-corrected chi connectivity index (χ1v) is 6.35. The molecule has 23 heavy (non-hydrogen) atoms. The van der Waals surface area contributed by atoms with Crippen LogP contribution in [0.4, 0.5) is 5.69 Å². The Labute approximate surface area is 128 Å². The second-order valence-corrected chi connectivity index (χ2v) is 4.46. The highest BCUT2D eigenvalue weighted by molar-refractivity contribution is 5.80. The highest BCUT2D eigenvalue weighted by Gasteiger charge is 2.05. The smallest absolute Gasteiger partial charge is 0.283 e. The molecule has 1 aromatic heterocycles. The molecule has 0 radical (unpaired) electrons. The third kappa shape index (κ3) is 4.46. The molecule has 2 aromatic rings. The van der Waals surface area contributed by atoms with Gasteiger partial charge in [-0.15, -0.1) is 0 Å². The van der Waals surface area contributed by atoms with E-state index in [9.17, 15) is 19.7 Å². The normalized spacial score (nSPS) is 10.6. The predicted octanol–water partition coefficient (Wildman–Crippen LogP) is 0.0463. The third-order valence-corrected chi connectivity index (χ3v) is 2.68. The van der Waals surface area contributed by atoms with Gasteiger partial charge in [-0.05, 0) is 0 Å². The monoisotopic (exact) mass is 316 g/mol. The lowest BCUT2D eigenvalue weighted by atomic mass is 10.2. The van der Waals surface area contributed by atoms with Crippen LogP contribution in [0, 0.1) is 10.1 Å². The lowest BCUT2D eigenvalue weighted by Crippen LogP contribution is -2.28. The van der Waals surface area contributed by atoms with E-state index in [1.807, 2.05) is 4.98 Å². The van der Waals surface area contributed by atoms with Crippen LogP contribution < -0.4 is 16.7 Å². The van der Waals surface area contributed by atoms with Crippen molar-refractivity contribution < 1.29 is 4.92 Å². The minimum absolute atomic E-state index is 0.0447. The maximum absolute atomic E-state index is 11.5. The Bertz CT molecular complexity index is 882. The van der Waals surface area contributed by atoms with Crippen LogP contribution in [0.15, 0.2) is 51.2 Å². The summed E-state index contributed by atoms with van der Waals surface area (Å²) in [6.07, 6.45) is 1.43. The third-order valence-electron chi connectivity index (χ3n) is 2.68. The number of hydrazone groups is 1. The van der Waals surface area contributed by atoms with Crippen molar-refractivity contribution in [3.63, 3.8) is 0 Å². The number of nitro benzene ring substituents is 1. The van der Waals surface area contributed by atoms with E-state index in [4.69, 9.17) is 0 Å². The molecule has 10 heteroatoms. The van der Waals surface area contributed by atoms with Crippen LogP contribution in [0.3, 0.4) is 0 Å². The average molecular weight is 316 g/mol. The number of hydrogen-bond acceptors (Lipinski definition) is 7. The molecule has 2 rings (SSSR count). The number of nitrogens with zero attached hydrogens (tertiary/aromatic N) is 3. The summed E-state index contributed by atoms with van der Waals surface area (Å²) >= 11 is 0. The van der Waals surface area contributed by atoms with Crippen LogP contribution in [0.25, 0.3) is 0 Å². The van der Waals surface area contributed by atoms with E-state index in [1.165, 1.54) is 24.4 Å². The fraction of sp³-hybridized carbons (Fsp3) is 0.0769. The maximum atomic E-state index is 11.5. The molecule has 0 saturated heterocycles. The second-order valence-electron chi connectivity index (χ2n) is 4.46. The van der Waals surface area contributed by atoms with Crippen molar-refractivity contribution in [3.05, 3.63) is 78.8 Å². The largest absolute Gasteiger partial charge is 0.342 e. The molecule has 0 atom stereocenters. The minimum atomic E-state index is -0.694. The van der Waals surface area contributed by atoms with Gasteiger partial charge in [0, 0.05) is 29.8 Å². The Morgan fingerprint density at radius 2 is 2.26 bits per heavy atom. The minimum Gasteiger partial charge on any atom is -0.283 e. The van der Waals surface area contributed by atoms with Crippen molar-refractivity contribution in [1.82, 2.24) is 20.6 Å². The lowest BCUT2D eigenvalue weighted by molar-refractivity contribution is -0.384. The number of benzene rings is 1. The predicted molar refractivity (Wildman–Crippen MR) is 82.1 cm³/mol. The van der Waals surface area contributed by atoms with Gasteiger partial charge in [-0.25, -0.2) is 9.89 Å². The molecule has 1 heterocycles. The summed E-state index contributed by atoms with van der Waals surface area (Å²) in [6, 6.07) is 5.92. The number of aromatic amines is 2. The summed E-state index contributed by atoms with van der Waals surface area (Å²) in [5, 5.41) is 20.3. The lowest BCUT2D eigenvalue weighted by Gasteiger charge is -2.02. The Morgan fingerprint density at radius 1 is 1.48 bits per heavy atom. The van der Waals surface area contributed by atoms with E-state index in [-0.39, 0.29) is 17.8 Å². The van der Waals surface area contributed by atoms with Crippen LogP contribution in [0.1, 0.15) is 11.3 Å². The second kappa shape index (κ2) is 6.93. The molecule has 3 N–H and O–H groups in total. The molecule has 0 aliphatic carbocycles. The molecule has 0 aliphatic rings. The number of H-pyrrole nitrogens is 2. The van der Waals surface area contributed by atoms with Crippen LogP contribution in [-0.2, 0) is 6.42 Å². The van der Waals surface area contributed by atoms with Crippen LogP contribution in [0.2, 0.25) is 0 Å².